The van der Waals surface area contributed by atoms with Crippen molar-refractivity contribution in [2.45, 2.75) is 38.7 Å². The Morgan fingerprint density at radius 3 is 2.54 bits per heavy atom. The van der Waals surface area contributed by atoms with E-state index in [9.17, 15) is 13.8 Å². The van der Waals surface area contributed by atoms with Crippen LogP contribution in [0.25, 0.3) is 0 Å². The van der Waals surface area contributed by atoms with Gasteiger partial charge in [-0.2, -0.15) is 0 Å². The Kier molecular flexibility index (Phi) is 6.69. The van der Waals surface area contributed by atoms with Crippen molar-refractivity contribution in [1.29, 1.82) is 0 Å². The van der Waals surface area contributed by atoms with Crippen LogP contribution >= 0.6 is 0 Å². The van der Waals surface area contributed by atoms with E-state index in [0.29, 0.717) is 16.3 Å². The van der Waals surface area contributed by atoms with Gasteiger partial charge in [0.2, 0.25) is 0 Å². The lowest BCUT2D eigenvalue weighted by molar-refractivity contribution is -0.123. The van der Waals surface area contributed by atoms with Crippen molar-refractivity contribution in [1.82, 2.24) is 0 Å². The number of carbonyl (C=O) groups is 2. The molecule has 0 unspecified atom stereocenters. The molecule has 2 aromatic carbocycles. The van der Waals surface area contributed by atoms with E-state index in [4.69, 9.17) is 4.74 Å². The van der Waals surface area contributed by atoms with Gasteiger partial charge in [0.25, 0.3) is 5.91 Å². The van der Waals surface area contributed by atoms with Crippen molar-refractivity contribution in [2.24, 2.45) is 0 Å². The van der Waals surface area contributed by atoms with E-state index >= 15 is 0 Å². The molecule has 0 heterocycles. The quantitative estimate of drug-likeness (QED) is 0.785. The van der Waals surface area contributed by atoms with Crippen LogP contribution in [0.3, 0.4) is 0 Å². The molecule has 0 fully saturated rings. The smallest absolute Gasteiger partial charge is 0.340 e. The Bertz CT molecular complexity index is 847. The molecule has 0 radical (unpaired) electrons. The zero-order valence-corrected chi connectivity index (χ0v) is 16.2. The molecule has 5 nitrogen and oxygen atoms in total. The third kappa shape index (κ3) is 4.79. The zero-order chi connectivity index (χ0) is 19.3. The van der Waals surface area contributed by atoms with Crippen molar-refractivity contribution in [3.8, 4) is 0 Å². The van der Waals surface area contributed by atoms with Gasteiger partial charge < -0.3 is 10.1 Å². The number of hydrogen-bond donors (Lipinski definition) is 1. The first-order valence-corrected chi connectivity index (χ1v) is 9.71. The highest BCUT2D eigenvalue weighted by Gasteiger charge is 2.22. The molecule has 2 rings (SSSR count). The van der Waals surface area contributed by atoms with Gasteiger partial charge >= 0.3 is 5.97 Å². The fourth-order valence-corrected chi connectivity index (χ4v) is 3.31. The van der Waals surface area contributed by atoms with Crippen LogP contribution in [0.5, 0.6) is 0 Å². The third-order valence-electron chi connectivity index (χ3n) is 3.92. The number of hydrogen-bond acceptors (Lipinski definition) is 4. The topological polar surface area (TPSA) is 72.5 Å². The number of carbonyl (C=O) groups excluding carboxylic acids is 2. The van der Waals surface area contributed by atoms with Crippen molar-refractivity contribution in [3.05, 3.63) is 59.2 Å². The number of nitrogens with one attached hydrogen (secondary N) is 1. The number of ether oxygens (including phenoxy) is 1. The number of esters is 1. The first kappa shape index (κ1) is 19.8. The van der Waals surface area contributed by atoms with Gasteiger partial charge in [0, 0.05) is 11.4 Å². The molecule has 0 aliphatic rings. The maximum atomic E-state index is 12.4. The highest BCUT2D eigenvalue weighted by Crippen LogP contribution is 2.18. The monoisotopic (exact) mass is 373 g/mol. The van der Waals surface area contributed by atoms with E-state index in [1.807, 2.05) is 32.0 Å². The second kappa shape index (κ2) is 8.76. The van der Waals surface area contributed by atoms with Crippen LogP contribution in [0.2, 0.25) is 0 Å². The summed E-state index contributed by atoms with van der Waals surface area (Å²) in [5.74, 6) is -0.681. The Hall–Kier alpha value is -2.47. The van der Waals surface area contributed by atoms with Crippen molar-refractivity contribution in [3.63, 3.8) is 0 Å². The lowest BCUT2D eigenvalue weighted by Gasteiger charge is -2.16. The molecular formula is C20H23NO4S. The van der Waals surface area contributed by atoms with E-state index in [1.54, 1.807) is 31.2 Å². The highest BCUT2D eigenvalue weighted by atomic mass is 32.2. The van der Waals surface area contributed by atoms with Crippen LogP contribution in [0, 0.1) is 13.8 Å². The summed E-state index contributed by atoms with van der Waals surface area (Å²) < 4.78 is 17.4. The van der Waals surface area contributed by atoms with Gasteiger partial charge in [-0.1, -0.05) is 31.2 Å². The summed E-state index contributed by atoms with van der Waals surface area (Å²) in [6, 6.07) is 12.3. The SMILES string of the molecule is CC[S@](=O)c1ccccc1C(=O)O[C@H](C)C(=O)Nc1cc(C)ccc1C. The summed E-state index contributed by atoms with van der Waals surface area (Å²) in [4.78, 5) is 25.2. The van der Waals surface area contributed by atoms with Crippen LogP contribution in [0.15, 0.2) is 47.4 Å². The van der Waals surface area contributed by atoms with Crippen molar-refractivity contribution in [2.75, 3.05) is 11.1 Å². The average molecular weight is 373 g/mol. The molecule has 0 aliphatic heterocycles. The first-order chi connectivity index (χ1) is 12.3. The van der Waals surface area contributed by atoms with Crippen LogP contribution in [-0.2, 0) is 20.3 Å². The maximum Gasteiger partial charge on any atom is 0.340 e. The summed E-state index contributed by atoms with van der Waals surface area (Å²) in [5, 5.41) is 2.78. The number of aryl methyl sites for hydroxylation is 2. The van der Waals surface area contributed by atoms with Crippen LogP contribution < -0.4 is 5.32 Å². The summed E-state index contributed by atoms with van der Waals surface area (Å²) in [5.41, 5.74) is 2.85. The van der Waals surface area contributed by atoms with E-state index in [-0.39, 0.29) is 5.56 Å². The van der Waals surface area contributed by atoms with Gasteiger partial charge in [-0.15, -0.1) is 0 Å². The van der Waals surface area contributed by atoms with Gasteiger partial charge in [-0.05, 0) is 50.1 Å². The Balaban J connectivity index is 2.11. The number of amides is 1. The van der Waals surface area contributed by atoms with E-state index in [2.05, 4.69) is 5.32 Å². The predicted molar refractivity (Wildman–Crippen MR) is 103 cm³/mol. The molecule has 2 aromatic rings. The van der Waals surface area contributed by atoms with E-state index < -0.39 is 28.8 Å². The summed E-state index contributed by atoms with van der Waals surface area (Å²) in [7, 11) is -1.29. The lowest BCUT2D eigenvalue weighted by atomic mass is 10.1. The van der Waals surface area contributed by atoms with E-state index in [0.717, 1.165) is 11.1 Å². The Morgan fingerprint density at radius 2 is 1.85 bits per heavy atom. The molecule has 0 aliphatic carbocycles. The number of benzene rings is 2. The average Bonchev–Trinajstić information content (AvgIpc) is 2.63. The minimum absolute atomic E-state index is 0.221. The van der Waals surface area contributed by atoms with E-state index in [1.165, 1.54) is 6.92 Å². The Labute approximate surface area is 156 Å². The molecule has 6 heteroatoms. The second-order valence-electron chi connectivity index (χ2n) is 5.99. The normalized spacial score (nSPS) is 12.9. The number of anilines is 1. The first-order valence-electron chi connectivity index (χ1n) is 8.40. The molecule has 1 N–H and O–H groups in total. The van der Waals surface area contributed by atoms with Crippen LogP contribution in [0.1, 0.15) is 35.3 Å². The fourth-order valence-electron chi connectivity index (χ4n) is 2.37. The van der Waals surface area contributed by atoms with Gasteiger partial charge in [0.1, 0.15) is 0 Å². The maximum absolute atomic E-state index is 12.4. The van der Waals surface area contributed by atoms with Crippen molar-refractivity contribution < 1.29 is 18.5 Å². The number of rotatable bonds is 6. The molecular weight excluding hydrogens is 350 g/mol. The largest absolute Gasteiger partial charge is 0.449 e. The minimum atomic E-state index is -1.29. The molecule has 26 heavy (non-hydrogen) atoms. The standard InChI is InChI=1S/C20H23NO4S/c1-5-26(24)18-9-7-6-8-16(18)20(23)25-15(4)19(22)21-17-12-13(2)10-11-14(17)3/h6-12,15H,5H2,1-4H3,(H,21,22)/t15-,26+/m1/s1. The van der Waals surface area contributed by atoms with Gasteiger partial charge in [0.15, 0.2) is 6.10 Å². The van der Waals surface area contributed by atoms with Gasteiger partial charge in [-0.25, -0.2) is 4.79 Å². The van der Waals surface area contributed by atoms with Crippen LogP contribution in [0.4, 0.5) is 5.69 Å². The predicted octanol–water partition coefficient (Wildman–Crippen LogP) is 3.61. The molecule has 2 atom stereocenters. The zero-order valence-electron chi connectivity index (χ0n) is 15.4. The molecule has 138 valence electrons. The van der Waals surface area contributed by atoms with Gasteiger partial charge in [0.05, 0.1) is 21.3 Å². The molecule has 1 amide bonds. The molecule has 0 saturated heterocycles. The lowest BCUT2D eigenvalue weighted by Crippen LogP contribution is -2.30. The minimum Gasteiger partial charge on any atom is -0.449 e. The molecule has 0 aromatic heterocycles. The van der Waals surface area contributed by atoms with Gasteiger partial charge in [-0.3, -0.25) is 9.00 Å². The second-order valence-corrected chi connectivity index (χ2v) is 7.69. The summed E-state index contributed by atoms with van der Waals surface area (Å²) in [6.07, 6.45) is -0.981. The fraction of sp³-hybridized carbons (Fsp3) is 0.300. The molecule has 0 saturated carbocycles. The molecule has 0 bridgehead atoms. The molecule has 0 spiro atoms. The van der Waals surface area contributed by atoms with Crippen molar-refractivity contribution >= 4 is 28.4 Å². The highest BCUT2D eigenvalue weighted by molar-refractivity contribution is 7.85. The Morgan fingerprint density at radius 1 is 1.15 bits per heavy atom. The van der Waals surface area contributed by atoms with Crippen LogP contribution in [-0.4, -0.2) is 27.9 Å². The summed E-state index contributed by atoms with van der Waals surface area (Å²) in [6.45, 7) is 7.11. The summed E-state index contributed by atoms with van der Waals surface area (Å²) >= 11 is 0. The third-order valence-corrected chi connectivity index (χ3v) is 5.29.